The molecule has 1 amide bonds. The van der Waals surface area contributed by atoms with Crippen molar-refractivity contribution in [3.63, 3.8) is 0 Å². The topological polar surface area (TPSA) is 130 Å². The van der Waals surface area contributed by atoms with Crippen LogP contribution in [-0.2, 0) is 29.6 Å². The highest BCUT2D eigenvalue weighted by atomic mass is 32.2. The van der Waals surface area contributed by atoms with Crippen LogP contribution in [0.5, 0.6) is 0 Å². The molecule has 1 unspecified atom stereocenters. The molecule has 1 heterocycles. The van der Waals surface area contributed by atoms with Gasteiger partial charge in [0.2, 0.25) is 20.0 Å². The highest BCUT2D eigenvalue weighted by Gasteiger charge is 2.41. The van der Waals surface area contributed by atoms with E-state index in [1.165, 1.54) is 53.9 Å². The van der Waals surface area contributed by atoms with E-state index in [0.29, 0.717) is 12.8 Å². The van der Waals surface area contributed by atoms with Gasteiger partial charge in [-0.2, -0.15) is 8.61 Å². The van der Waals surface area contributed by atoms with E-state index in [4.69, 9.17) is 4.74 Å². The van der Waals surface area contributed by atoms with Gasteiger partial charge in [-0.3, -0.25) is 9.59 Å². The van der Waals surface area contributed by atoms with E-state index in [9.17, 15) is 26.4 Å². The third-order valence-electron chi connectivity index (χ3n) is 7.28. The summed E-state index contributed by atoms with van der Waals surface area (Å²) in [5, 5.41) is 2.63. The summed E-state index contributed by atoms with van der Waals surface area (Å²) in [5.74, 6) is -1.22. The number of nitrogens with one attached hydrogen (secondary N) is 1. The fourth-order valence-electron chi connectivity index (χ4n) is 5.10. The summed E-state index contributed by atoms with van der Waals surface area (Å²) in [6.45, 7) is 0.162. The zero-order valence-electron chi connectivity index (χ0n) is 21.5. The summed E-state index contributed by atoms with van der Waals surface area (Å²) in [4.78, 5) is 25.1. The molecule has 2 aliphatic rings. The quantitative estimate of drug-likeness (QED) is 0.488. The van der Waals surface area contributed by atoms with E-state index in [0.717, 1.165) is 36.4 Å². The van der Waals surface area contributed by atoms with Crippen LogP contribution in [0, 0.1) is 0 Å². The minimum absolute atomic E-state index is 0.0374. The lowest BCUT2D eigenvalue weighted by molar-refractivity contribution is -0.144. The number of carbonyl (C=O) groups excluding carboxylic acids is 2. The molecule has 1 atom stereocenters. The summed E-state index contributed by atoms with van der Waals surface area (Å²) < 4.78 is 60.4. The molecule has 0 spiro atoms. The van der Waals surface area contributed by atoms with E-state index in [-0.39, 0.29) is 33.6 Å². The zero-order valence-corrected chi connectivity index (χ0v) is 23.1. The number of sulfonamides is 2. The molecule has 0 bridgehead atoms. The number of amides is 1. The molecule has 4 rings (SSSR count). The number of rotatable bonds is 8. The van der Waals surface area contributed by atoms with Crippen LogP contribution in [0.15, 0.2) is 58.3 Å². The first-order chi connectivity index (χ1) is 18.1. The molecule has 1 saturated carbocycles. The van der Waals surface area contributed by atoms with Crippen LogP contribution in [0.4, 0.5) is 5.69 Å². The van der Waals surface area contributed by atoms with Gasteiger partial charge in [0, 0.05) is 25.2 Å². The Morgan fingerprint density at radius 3 is 2.24 bits per heavy atom. The van der Waals surface area contributed by atoms with E-state index in [1.54, 1.807) is 13.1 Å². The summed E-state index contributed by atoms with van der Waals surface area (Å²) >= 11 is 0. The highest BCUT2D eigenvalue weighted by Crippen LogP contribution is 2.31. The second kappa shape index (κ2) is 11.5. The van der Waals surface area contributed by atoms with Gasteiger partial charge in [0.05, 0.1) is 17.7 Å². The molecule has 0 radical (unpaired) electrons. The number of carbonyl (C=O) groups is 2. The molecule has 2 aromatic carbocycles. The number of benzene rings is 2. The molecular weight excluding hydrogens is 530 g/mol. The molecular formula is C26H33N3O7S2. The number of hydrogen-bond acceptors (Lipinski definition) is 7. The Labute approximate surface area is 224 Å². The molecule has 1 aliphatic carbocycles. The Hall–Kier alpha value is -2.80. The van der Waals surface area contributed by atoms with Crippen LogP contribution in [0.1, 0.15) is 55.3 Å². The smallest absolute Gasteiger partial charge is 0.324 e. The largest absolute Gasteiger partial charge is 0.468 e. The molecule has 2 aromatic rings. The average molecular weight is 564 g/mol. The van der Waals surface area contributed by atoms with Gasteiger partial charge in [-0.1, -0.05) is 31.4 Å². The molecule has 10 nitrogen and oxygen atoms in total. The fourth-order valence-corrected chi connectivity index (χ4v) is 8.31. The van der Waals surface area contributed by atoms with Crippen molar-refractivity contribution in [2.45, 2.75) is 66.8 Å². The summed E-state index contributed by atoms with van der Waals surface area (Å²) in [6, 6.07) is 10.6. The predicted octanol–water partition coefficient (Wildman–Crippen LogP) is 3.22. The Balaban J connectivity index is 1.53. The van der Waals surface area contributed by atoms with Crippen molar-refractivity contribution in [3.05, 3.63) is 54.1 Å². The van der Waals surface area contributed by atoms with E-state index >= 15 is 0 Å². The SMILES string of the molecule is COC(=O)C1CCCN1S(=O)(=O)c1ccccc1NC(=O)c1ccc(S(=O)(=O)N(C)C2CCCCC2)cc1. The number of para-hydroxylation sites is 1. The lowest BCUT2D eigenvalue weighted by Gasteiger charge is -2.30. The monoisotopic (exact) mass is 563 g/mol. The van der Waals surface area contributed by atoms with E-state index in [1.807, 2.05) is 0 Å². The van der Waals surface area contributed by atoms with Crippen LogP contribution in [-0.4, -0.2) is 70.1 Å². The molecule has 2 fully saturated rings. The first-order valence-corrected chi connectivity index (χ1v) is 15.5. The summed E-state index contributed by atoms with van der Waals surface area (Å²) in [7, 11) is -5.02. The van der Waals surface area contributed by atoms with Gasteiger partial charge in [-0.25, -0.2) is 16.8 Å². The van der Waals surface area contributed by atoms with Crippen molar-refractivity contribution >= 4 is 37.6 Å². The van der Waals surface area contributed by atoms with Crippen LogP contribution in [0.25, 0.3) is 0 Å². The maximum Gasteiger partial charge on any atom is 0.324 e. The van der Waals surface area contributed by atoms with Crippen molar-refractivity contribution in [1.29, 1.82) is 0 Å². The number of anilines is 1. The van der Waals surface area contributed by atoms with Crippen molar-refractivity contribution < 1.29 is 31.2 Å². The highest BCUT2D eigenvalue weighted by molar-refractivity contribution is 7.89. The number of nitrogens with zero attached hydrogens (tertiary/aromatic N) is 2. The lowest BCUT2D eigenvalue weighted by atomic mass is 9.96. The first kappa shape index (κ1) is 28.2. The zero-order chi connectivity index (χ0) is 27.5. The van der Waals surface area contributed by atoms with Crippen LogP contribution >= 0.6 is 0 Å². The third kappa shape index (κ3) is 5.63. The fraction of sp³-hybridized carbons (Fsp3) is 0.462. The number of methoxy groups -OCH3 is 1. The van der Waals surface area contributed by atoms with Crippen molar-refractivity contribution in [2.24, 2.45) is 0 Å². The van der Waals surface area contributed by atoms with Gasteiger partial charge < -0.3 is 10.1 Å². The van der Waals surface area contributed by atoms with Crippen molar-refractivity contribution in [1.82, 2.24) is 8.61 Å². The van der Waals surface area contributed by atoms with Crippen molar-refractivity contribution in [3.8, 4) is 0 Å². The molecule has 1 N–H and O–H groups in total. The minimum atomic E-state index is -4.11. The standard InChI is InChI=1S/C26H33N3O7S2/c1-28(20-9-4-3-5-10-20)37(32,33)21-16-14-19(15-17-21)25(30)27-22-11-6-7-13-24(22)38(34,35)29-18-8-12-23(29)26(31)36-2/h6-7,11,13-17,20,23H,3-5,8-10,12,18H2,1-2H3,(H,27,30). The summed E-state index contributed by atoms with van der Waals surface area (Å²) in [6.07, 6.45) is 5.64. The third-order valence-corrected chi connectivity index (χ3v) is 11.2. The second-order valence-electron chi connectivity index (χ2n) is 9.58. The Morgan fingerprint density at radius 2 is 1.58 bits per heavy atom. The minimum Gasteiger partial charge on any atom is -0.468 e. The van der Waals surface area contributed by atoms with Crippen molar-refractivity contribution in [2.75, 3.05) is 26.0 Å². The second-order valence-corrected chi connectivity index (χ2v) is 13.4. The molecule has 0 aromatic heterocycles. The van der Waals surface area contributed by atoms with Crippen LogP contribution in [0.2, 0.25) is 0 Å². The number of ether oxygens (including phenoxy) is 1. The Morgan fingerprint density at radius 1 is 0.921 bits per heavy atom. The maximum atomic E-state index is 13.4. The summed E-state index contributed by atoms with van der Waals surface area (Å²) in [5.41, 5.74) is 0.229. The van der Waals surface area contributed by atoms with E-state index in [2.05, 4.69) is 5.32 Å². The van der Waals surface area contributed by atoms with Crippen LogP contribution < -0.4 is 5.32 Å². The Bertz CT molecular complexity index is 1390. The van der Waals surface area contributed by atoms with Gasteiger partial charge in [-0.05, 0) is 62.1 Å². The molecule has 1 saturated heterocycles. The molecule has 38 heavy (non-hydrogen) atoms. The predicted molar refractivity (Wildman–Crippen MR) is 142 cm³/mol. The van der Waals surface area contributed by atoms with Gasteiger partial charge in [0.1, 0.15) is 10.9 Å². The molecule has 206 valence electrons. The number of hydrogen-bond donors (Lipinski definition) is 1. The van der Waals surface area contributed by atoms with Crippen LogP contribution in [0.3, 0.4) is 0 Å². The number of esters is 1. The Kier molecular flexibility index (Phi) is 8.55. The lowest BCUT2D eigenvalue weighted by Crippen LogP contribution is -2.41. The average Bonchev–Trinajstić information content (AvgIpc) is 3.44. The first-order valence-electron chi connectivity index (χ1n) is 12.7. The van der Waals surface area contributed by atoms with Gasteiger partial charge in [0.15, 0.2) is 0 Å². The van der Waals surface area contributed by atoms with Gasteiger partial charge in [-0.15, -0.1) is 0 Å². The normalized spacial score (nSPS) is 19.4. The van der Waals surface area contributed by atoms with Gasteiger partial charge in [0.25, 0.3) is 5.91 Å². The van der Waals surface area contributed by atoms with E-state index < -0.39 is 38.0 Å². The molecule has 1 aliphatic heterocycles. The maximum absolute atomic E-state index is 13.4. The van der Waals surface area contributed by atoms with Gasteiger partial charge >= 0.3 is 5.97 Å². The molecule has 12 heteroatoms.